The Balaban J connectivity index is 2.05. The predicted molar refractivity (Wildman–Crippen MR) is 101 cm³/mol. The van der Waals surface area contributed by atoms with Crippen LogP contribution in [0.25, 0.3) is 0 Å². The summed E-state index contributed by atoms with van der Waals surface area (Å²) in [5.41, 5.74) is 1.28. The van der Waals surface area contributed by atoms with Gasteiger partial charge in [0.15, 0.2) is 0 Å². The minimum atomic E-state index is -3.64. The standard InChI is InChI=1S/C18H24N4O4S/c1-13-5-7-16(8-6-13)27(24,25)22(3)11-17-19-9-15(10-20-17)18(23)21-14(2)12-26-4/h5-10,14H,11-12H2,1-4H3,(H,21,23)/t14-/m1/s1. The first-order chi connectivity index (χ1) is 12.7. The minimum Gasteiger partial charge on any atom is -0.383 e. The molecule has 0 saturated carbocycles. The second-order valence-electron chi connectivity index (χ2n) is 6.29. The molecule has 0 unspecified atom stereocenters. The van der Waals surface area contributed by atoms with Crippen molar-refractivity contribution in [3.63, 3.8) is 0 Å². The smallest absolute Gasteiger partial charge is 0.254 e. The van der Waals surface area contributed by atoms with E-state index in [0.717, 1.165) is 5.56 Å². The predicted octanol–water partition coefficient (Wildman–Crippen LogP) is 1.37. The number of nitrogens with one attached hydrogen (secondary N) is 1. The molecule has 0 fully saturated rings. The van der Waals surface area contributed by atoms with Crippen LogP contribution in [0.15, 0.2) is 41.6 Å². The number of carbonyl (C=O) groups is 1. The number of aryl methyl sites for hydroxylation is 1. The maximum atomic E-state index is 12.6. The molecule has 8 nitrogen and oxygen atoms in total. The molecular weight excluding hydrogens is 368 g/mol. The zero-order valence-electron chi connectivity index (χ0n) is 15.8. The van der Waals surface area contributed by atoms with Gasteiger partial charge in [-0.2, -0.15) is 4.31 Å². The Morgan fingerprint density at radius 3 is 2.37 bits per heavy atom. The molecular formula is C18H24N4O4S. The van der Waals surface area contributed by atoms with Crippen molar-refractivity contribution in [2.24, 2.45) is 0 Å². The topological polar surface area (TPSA) is 101 Å². The number of methoxy groups -OCH3 is 1. The zero-order valence-corrected chi connectivity index (χ0v) is 16.7. The van der Waals surface area contributed by atoms with Crippen LogP contribution in [0.5, 0.6) is 0 Å². The number of ether oxygens (including phenoxy) is 1. The van der Waals surface area contributed by atoms with Gasteiger partial charge in [-0.25, -0.2) is 18.4 Å². The second kappa shape index (κ2) is 9.03. The van der Waals surface area contributed by atoms with Gasteiger partial charge in [0.25, 0.3) is 5.91 Å². The van der Waals surface area contributed by atoms with E-state index in [1.165, 1.54) is 23.7 Å². The molecule has 1 aromatic carbocycles. The summed E-state index contributed by atoms with van der Waals surface area (Å²) in [7, 11) is -0.621. The Morgan fingerprint density at radius 1 is 1.22 bits per heavy atom. The van der Waals surface area contributed by atoms with Crippen molar-refractivity contribution in [1.29, 1.82) is 0 Å². The van der Waals surface area contributed by atoms with E-state index in [4.69, 9.17) is 4.74 Å². The molecule has 1 atom stereocenters. The minimum absolute atomic E-state index is 0.00180. The molecule has 2 aromatic rings. The number of nitrogens with zero attached hydrogens (tertiary/aromatic N) is 3. The van der Waals surface area contributed by atoms with Gasteiger partial charge in [-0.05, 0) is 26.0 Å². The number of amides is 1. The molecule has 0 bridgehead atoms. The fraction of sp³-hybridized carbons (Fsp3) is 0.389. The molecule has 0 saturated heterocycles. The van der Waals surface area contributed by atoms with Crippen LogP contribution in [0.2, 0.25) is 0 Å². The molecule has 1 amide bonds. The summed E-state index contributed by atoms with van der Waals surface area (Å²) < 4.78 is 31.3. The van der Waals surface area contributed by atoms with Crippen molar-refractivity contribution < 1.29 is 17.9 Å². The summed E-state index contributed by atoms with van der Waals surface area (Å²) in [6, 6.07) is 6.48. The average Bonchev–Trinajstić information content (AvgIpc) is 2.62. The monoisotopic (exact) mass is 392 g/mol. The normalized spacial score (nSPS) is 12.8. The van der Waals surface area contributed by atoms with Gasteiger partial charge in [-0.15, -0.1) is 0 Å². The van der Waals surface area contributed by atoms with Crippen molar-refractivity contribution >= 4 is 15.9 Å². The molecule has 0 aliphatic carbocycles. The van der Waals surface area contributed by atoms with E-state index in [1.54, 1.807) is 31.4 Å². The van der Waals surface area contributed by atoms with Crippen LogP contribution < -0.4 is 5.32 Å². The van der Waals surface area contributed by atoms with Gasteiger partial charge in [0.2, 0.25) is 10.0 Å². The van der Waals surface area contributed by atoms with Gasteiger partial charge in [0.05, 0.1) is 23.6 Å². The third kappa shape index (κ3) is 5.56. The van der Waals surface area contributed by atoms with Crippen LogP contribution in [0, 0.1) is 6.92 Å². The Bertz CT molecular complexity index is 867. The van der Waals surface area contributed by atoms with Crippen molar-refractivity contribution in [1.82, 2.24) is 19.6 Å². The number of aromatic nitrogens is 2. The molecule has 0 spiro atoms. The van der Waals surface area contributed by atoms with Crippen molar-refractivity contribution in [2.75, 3.05) is 20.8 Å². The molecule has 146 valence electrons. The highest BCUT2D eigenvalue weighted by Gasteiger charge is 2.21. The van der Waals surface area contributed by atoms with E-state index in [0.29, 0.717) is 18.0 Å². The Hall–Kier alpha value is -2.36. The Kier molecular flexibility index (Phi) is 7.00. The lowest BCUT2D eigenvalue weighted by molar-refractivity contribution is 0.0904. The van der Waals surface area contributed by atoms with E-state index in [2.05, 4.69) is 15.3 Å². The highest BCUT2D eigenvalue weighted by Crippen LogP contribution is 2.16. The van der Waals surface area contributed by atoms with E-state index < -0.39 is 10.0 Å². The van der Waals surface area contributed by atoms with Gasteiger partial charge in [0, 0.05) is 32.6 Å². The van der Waals surface area contributed by atoms with E-state index >= 15 is 0 Å². The van der Waals surface area contributed by atoms with Crippen LogP contribution in [-0.4, -0.2) is 55.4 Å². The summed E-state index contributed by atoms with van der Waals surface area (Å²) in [5.74, 6) is -0.0126. The lowest BCUT2D eigenvalue weighted by atomic mass is 10.2. The molecule has 1 N–H and O–H groups in total. The van der Waals surface area contributed by atoms with Crippen LogP contribution >= 0.6 is 0 Å². The molecule has 0 aliphatic rings. The number of benzene rings is 1. The van der Waals surface area contributed by atoms with Crippen LogP contribution in [-0.2, 0) is 21.3 Å². The summed E-state index contributed by atoms with van der Waals surface area (Å²) >= 11 is 0. The third-order valence-electron chi connectivity index (χ3n) is 3.85. The summed E-state index contributed by atoms with van der Waals surface area (Å²) in [6.45, 7) is 4.10. The highest BCUT2D eigenvalue weighted by molar-refractivity contribution is 7.89. The van der Waals surface area contributed by atoms with Gasteiger partial charge in [-0.1, -0.05) is 17.7 Å². The molecule has 1 heterocycles. The van der Waals surface area contributed by atoms with Crippen molar-refractivity contribution in [2.45, 2.75) is 31.3 Å². The van der Waals surface area contributed by atoms with Crippen LogP contribution in [0.3, 0.4) is 0 Å². The number of hydrogen-bond donors (Lipinski definition) is 1. The van der Waals surface area contributed by atoms with Crippen molar-refractivity contribution in [3.05, 3.63) is 53.6 Å². The number of sulfonamides is 1. The first-order valence-electron chi connectivity index (χ1n) is 8.37. The zero-order chi connectivity index (χ0) is 20.0. The average molecular weight is 392 g/mol. The maximum absolute atomic E-state index is 12.6. The second-order valence-corrected chi connectivity index (χ2v) is 8.34. The SMILES string of the molecule is COC[C@@H](C)NC(=O)c1cnc(CN(C)S(=O)(=O)c2ccc(C)cc2)nc1. The summed E-state index contributed by atoms with van der Waals surface area (Å²) in [4.78, 5) is 20.5. The van der Waals surface area contributed by atoms with Gasteiger partial charge in [-0.3, -0.25) is 4.79 Å². The molecule has 1 aromatic heterocycles. The van der Waals surface area contributed by atoms with Gasteiger partial charge >= 0.3 is 0 Å². The fourth-order valence-electron chi connectivity index (χ4n) is 2.33. The van der Waals surface area contributed by atoms with Gasteiger partial charge in [0.1, 0.15) is 5.82 Å². The number of carbonyl (C=O) groups excluding carboxylic acids is 1. The molecule has 2 rings (SSSR count). The lowest BCUT2D eigenvalue weighted by Crippen LogP contribution is -2.35. The largest absolute Gasteiger partial charge is 0.383 e. The summed E-state index contributed by atoms with van der Waals surface area (Å²) in [6.07, 6.45) is 2.76. The Labute approximate surface area is 159 Å². The molecule has 0 aliphatic heterocycles. The quantitative estimate of drug-likeness (QED) is 0.728. The van der Waals surface area contributed by atoms with E-state index in [-0.39, 0.29) is 23.4 Å². The molecule has 0 radical (unpaired) electrons. The van der Waals surface area contributed by atoms with Crippen LogP contribution in [0.4, 0.5) is 0 Å². The third-order valence-corrected chi connectivity index (χ3v) is 5.67. The lowest BCUT2D eigenvalue weighted by Gasteiger charge is -2.16. The van der Waals surface area contributed by atoms with E-state index in [1.807, 2.05) is 13.8 Å². The van der Waals surface area contributed by atoms with Crippen molar-refractivity contribution in [3.8, 4) is 0 Å². The number of hydrogen-bond acceptors (Lipinski definition) is 6. The first-order valence-corrected chi connectivity index (χ1v) is 9.81. The van der Waals surface area contributed by atoms with E-state index in [9.17, 15) is 13.2 Å². The van der Waals surface area contributed by atoms with Gasteiger partial charge < -0.3 is 10.1 Å². The molecule has 27 heavy (non-hydrogen) atoms. The maximum Gasteiger partial charge on any atom is 0.254 e. The highest BCUT2D eigenvalue weighted by atomic mass is 32.2. The first kappa shape index (κ1) is 20.9. The van der Waals surface area contributed by atoms with Crippen LogP contribution in [0.1, 0.15) is 28.7 Å². The molecule has 9 heteroatoms. The number of rotatable bonds is 8. The Morgan fingerprint density at radius 2 is 1.81 bits per heavy atom. The fourth-order valence-corrected chi connectivity index (χ4v) is 3.45. The summed E-state index contributed by atoms with van der Waals surface area (Å²) in [5, 5.41) is 2.76.